The van der Waals surface area contributed by atoms with Crippen LogP contribution in [0, 0.1) is 5.92 Å². The minimum atomic E-state index is -0.467. The number of hydrogen-bond acceptors (Lipinski definition) is 5. The minimum Gasteiger partial charge on any atom is -0.475 e. The fourth-order valence-electron chi connectivity index (χ4n) is 2.59. The van der Waals surface area contributed by atoms with E-state index in [4.69, 9.17) is 14.2 Å². The van der Waals surface area contributed by atoms with Crippen LogP contribution in [-0.4, -0.2) is 36.3 Å². The Labute approximate surface area is 148 Å². The fourth-order valence-corrected chi connectivity index (χ4v) is 2.59. The molecule has 1 heterocycles. The number of ether oxygens (including phenoxy) is 3. The van der Waals surface area contributed by atoms with Crippen LogP contribution in [0.1, 0.15) is 32.8 Å². The first-order valence-electron chi connectivity index (χ1n) is 8.49. The molecule has 0 N–H and O–H groups in total. The van der Waals surface area contributed by atoms with E-state index in [1.165, 1.54) is 11.0 Å². The summed E-state index contributed by atoms with van der Waals surface area (Å²) in [5, 5.41) is 0. The van der Waals surface area contributed by atoms with Crippen molar-refractivity contribution in [3.8, 4) is 0 Å². The van der Waals surface area contributed by atoms with E-state index in [9.17, 15) is 9.59 Å². The predicted octanol–water partition coefficient (Wildman–Crippen LogP) is 3.47. The molecule has 25 heavy (non-hydrogen) atoms. The summed E-state index contributed by atoms with van der Waals surface area (Å²) in [6.07, 6.45) is 1.54. The number of hydrogen-bond donors (Lipinski definition) is 0. The maximum Gasteiger partial charge on any atom is 0.413 e. The summed E-state index contributed by atoms with van der Waals surface area (Å²) in [4.78, 5) is 25.7. The molecule has 1 aromatic rings. The molecule has 1 atom stereocenters. The van der Waals surface area contributed by atoms with Crippen LogP contribution in [0.25, 0.3) is 0 Å². The van der Waals surface area contributed by atoms with Crippen molar-refractivity contribution in [2.75, 3.05) is 13.3 Å². The number of amides is 1. The Bertz CT molecular complexity index is 612. The van der Waals surface area contributed by atoms with Gasteiger partial charge in [0.1, 0.15) is 12.4 Å². The highest BCUT2D eigenvalue weighted by Gasteiger charge is 2.36. The van der Waals surface area contributed by atoms with Gasteiger partial charge in [0.15, 0.2) is 6.73 Å². The van der Waals surface area contributed by atoms with Gasteiger partial charge in [-0.25, -0.2) is 9.59 Å². The van der Waals surface area contributed by atoms with Crippen molar-refractivity contribution in [1.82, 2.24) is 4.90 Å². The topological polar surface area (TPSA) is 65.1 Å². The van der Waals surface area contributed by atoms with Crippen LogP contribution in [0.15, 0.2) is 42.2 Å². The van der Waals surface area contributed by atoms with Crippen molar-refractivity contribution in [2.45, 2.75) is 39.8 Å². The van der Waals surface area contributed by atoms with Crippen molar-refractivity contribution in [3.05, 3.63) is 47.7 Å². The van der Waals surface area contributed by atoms with Crippen molar-refractivity contribution in [3.63, 3.8) is 0 Å². The van der Waals surface area contributed by atoms with Gasteiger partial charge in [-0.1, -0.05) is 44.2 Å². The Hall–Kier alpha value is -2.50. The van der Waals surface area contributed by atoms with Crippen molar-refractivity contribution >= 4 is 12.1 Å². The first-order valence-corrected chi connectivity index (χ1v) is 8.49. The number of esters is 1. The monoisotopic (exact) mass is 347 g/mol. The van der Waals surface area contributed by atoms with Crippen LogP contribution in [0.5, 0.6) is 0 Å². The van der Waals surface area contributed by atoms with E-state index in [1.807, 2.05) is 44.2 Å². The van der Waals surface area contributed by atoms with E-state index in [0.717, 1.165) is 5.56 Å². The van der Waals surface area contributed by atoms with Gasteiger partial charge in [0.2, 0.25) is 0 Å². The van der Waals surface area contributed by atoms with E-state index in [2.05, 4.69) is 0 Å². The zero-order chi connectivity index (χ0) is 18.2. The number of benzene rings is 1. The van der Waals surface area contributed by atoms with Gasteiger partial charge in [0.05, 0.1) is 18.7 Å². The number of carbonyl (C=O) groups is 2. The third-order valence-corrected chi connectivity index (χ3v) is 3.76. The molecule has 136 valence electrons. The van der Waals surface area contributed by atoms with E-state index in [0.29, 0.717) is 24.7 Å². The van der Waals surface area contributed by atoms with E-state index < -0.39 is 12.1 Å². The average molecular weight is 347 g/mol. The third kappa shape index (κ3) is 5.52. The Morgan fingerprint density at radius 3 is 2.64 bits per heavy atom. The molecule has 6 heteroatoms. The molecule has 1 aliphatic heterocycles. The lowest BCUT2D eigenvalue weighted by molar-refractivity contribution is -0.137. The standard InChI is InChI=1S/C19H25NO5/c1-4-23-18(21)11-17-16(10-14(2)3)20(13-25-17)19(22)24-12-15-8-6-5-7-9-15/h5-9,11,14,16H,4,10,12-13H2,1-3H3/b17-11-/t16-/m0/s1. The molecule has 6 nitrogen and oxygen atoms in total. The van der Waals surface area contributed by atoms with Crippen molar-refractivity contribution in [2.24, 2.45) is 5.92 Å². The number of carbonyl (C=O) groups excluding carboxylic acids is 2. The minimum absolute atomic E-state index is 0.0657. The second-order valence-electron chi connectivity index (χ2n) is 6.23. The van der Waals surface area contributed by atoms with Gasteiger partial charge in [0.25, 0.3) is 0 Å². The molecule has 0 radical (unpaired) electrons. The molecule has 0 unspecified atom stereocenters. The number of rotatable bonds is 6. The van der Waals surface area contributed by atoms with E-state index in [1.54, 1.807) is 6.92 Å². The quantitative estimate of drug-likeness (QED) is 0.582. The first kappa shape index (κ1) is 18.8. The van der Waals surface area contributed by atoms with Crippen molar-refractivity contribution < 1.29 is 23.8 Å². The summed E-state index contributed by atoms with van der Waals surface area (Å²) < 4.78 is 15.9. The molecule has 0 spiro atoms. The van der Waals surface area contributed by atoms with Crippen LogP contribution in [0.4, 0.5) is 4.79 Å². The average Bonchev–Trinajstić information content (AvgIpc) is 2.95. The van der Waals surface area contributed by atoms with E-state index in [-0.39, 0.29) is 19.4 Å². The maximum absolute atomic E-state index is 12.4. The molecule has 0 bridgehead atoms. The van der Waals surface area contributed by atoms with Gasteiger partial charge in [-0.05, 0) is 24.8 Å². The van der Waals surface area contributed by atoms with Crippen LogP contribution < -0.4 is 0 Å². The van der Waals surface area contributed by atoms with Crippen LogP contribution in [-0.2, 0) is 25.6 Å². The summed E-state index contributed by atoms with van der Waals surface area (Å²) in [5.74, 6) is 0.302. The maximum atomic E-state index is 12.4. The fraction of sp³-hybridized carbons (Fsp3) is 0.474. The molecular weight excluding hydrogens is 322 g/mol. The molecule has 1 saturated heterocycles. The van der Waals surface area contributed by atoms with Gasteiger partial charge in [0, 0.05) is 0 Å². The zero-order valence-electron chi connectivity index (χ0n) is 14.9. The Morgan fingerprint density at radius 1 is 1.28 bits per heavy atom. The summed E-state index contributed by atoms with van der Waals surface area (Å²) in [6.45, 7) is 6.39. The van der Waals surface area contributed by atoms with Crippen LogP contribution in [0.3, 0.4) is 0 Å². The normalized spacial score (nSPS) is 18.3. The van der Waals surface area contributed by atoms with Gasteiger partial charge in [-0.3, -0.25) is 4.90 Å². The van der Waals surface area contributed by atoms with E-state index >= 15 is 0 Å². The Kier molecular flexibility index (Phi) is 6.86. The molecule has 1 amide bonds. The van der Waals surface area contributed by atoms with Gasteiger partial charge in [-0.15, -0.1) is 0 Å². The largest absolute Gasteiger partial charge is 0.475 e. The molecule has 2 rings (SSSR count). The lowest BCUT2D eigenvalue weighted by atomic mass is 10.0. The second-order valence-corrected chi connectivity index (χ2v) is 6.23. The smallest absolute Gasteiger partial charge is 0.413 e. The summed E-state index contributed by atoms with van der Waals surface area (Å²) in [7, 11) is 0. The van der Waals surface area contributed by atoms with Gasteiger partial charge in [-0.2, -0.15) is 0 Å². The summed E-state index contributed by atoms with van der Waals surface area (Å²) >= 11 is 0. The van der Waals surface area contributed by atoms with Crippen molar-refractivity contribution in [1.29, 1.82) is 0 Å². The Balaban J connectivity index is 2.04. The molecule has 0 aliphatic carbocycles. The highest BCUT2D eigenvalue weighted by Crippen LogP contribution is 2.27. The Morgan fingerprint density at radius 2 is 2.00 bits per heavy atom. The molecule has 0 aromatic heterocycles. The SMILES string of the molecule is CCOC(=O)/C=C1\OCN(C(=O)OCc2ccccc2)[C@H]1CC(C)C. The van der Waals surface area contributed by atoms with Gasteiger partial charge >= 0.3 is 12.1 Å². The predicted molar refractivity (Wildman–Crippen MR) is 92.4 cm³/mol. The summed E-state index contributed by atoms with van der Waals surface area (Å²) in [6, 6.07) is 9.16. The molecule has 1 aliphatic rings. The van der Waals surface area contributed by atoms with Crippen LogP contribution >= 0.6 is 0 Å². The molecular formula is C19H25NO5. The lowest BCUT2D eigenvalue weighted by Crippen LogP contribution is -2.37. The van der Waals surface area contributed by atoms with Crippen LogP contribution in [0.2, 0.25) is 0 Å². The lowest BCUT2D eigenvalue weighted by Gasteiger charge is -2.22. The highest BCUT2D eigenvalue weighted by atomic mass is 16.6. The second kappa shape index (κ2) is 9.11. The molecule has 0 saturated carbocycles. The molecule has 1 fully saturated rings. The highest BCUT2D eigenvalue weighted by molar-refractivity contribution is 5.83. The van der Waals surface area contributed by atoms with Gasteiger partial charge < -0.3 is 14.2 Å². The third-order valence-electron chi connectivity index (χ3n) is 3.76. The summed E-state index contributed by atoms with van der Waals surface area (Å²) in [5.41, 5.74) is 0.915. The first-order chi connectivity index (χ1) is 12.0. The molecule has 1 aromatic carbocycles. The zero-order valence-corrected chi connectivity index (χ0v) is 14.9. The number of nitrogens with zero attached hydrogens (tertiary/aromatic N) is 1.